The lowest BCUT2D eigenvalue weighted by Gasteiger charge is -2.33. The molecule has 2 fully saturated rings. The first-order valence-electron chi connectivity index (χ1n) is 12.9. The van der Waals surface area contributed by atoms with Gasteiger partial charge in [-0.2, -0.15) is 5.10 Å². The van der Waals surface area contributed by atoms with Gasteiger partial charge in [0.25, 0.3) is 5.91 Å². The zero-order chi connectivity index (χ0) is 26.7. The molecule has 0 unspecified atom stereocenters. The molecule has 194 valence electrons. The van der Waals surface area contributed by atoms with Crippen molar-refractivity contribution < 1.29 is 18.4 Å². The largest absolute Gasteiger partial charge is 0.369 e. The van der Waals surface area contributed by atoms with Crippen molar-refractivity contribution in [3.63, 3.8) is 0 Å². The number of benzene rings is 3. The summed E-state index contributed by atoms with van der Waals surface area (Å²) in [7, 11) is 0. The summed E-state index contributed by atoms with van der Waals surface area (Å²) >= 11 is 0. The number of rotatable bonds is 7. The lowest BCUT2D eigenvalue weighted by Crippen LogP contribution is -2.48. The molecule has 0 radical (unpaired) electrons. The number of hydrogen-bond acceptors (Lipinski definition) is 3. The first kappa shape index (κ1) is 24.3. The molecule has 0 bridgehead atoms. The molecule has 1 saturated carbocycles. The molecule has 1 aromatic heterocycles. The van der Waals surface area contributed by atoms with Gasteiger partial charge in [-0.05, 0) is 67.3 Å². The molecular formula is C30H28F2N4O2. The van der Waals surface area contributed by atoms with Crippen molar-refractivity contribution in [3.8, 4) is 5.69 Å². The minimum Gasteiger partial charge on any atom is -0.369 e. The summed E-state index contributed by atoms with van der Waals surface area (Å²) in [6.07, 6.45) is 2.98. The molecule has 2 aliphatic rings. The normalized spacial score (nSPS) is 24.2. The second kappa shape index (κ2) is 8.75. The van der Waals surface area contributed by atoms with E-state index >= 15 is 4.39 Å². The number of carbonyl (C=O) groups is 2. The number of anilines is 1. The Bertz CT molecular complexity index is 1530. The first-order chi connectivity index (χ1) is 18.3. The van der Waals surface area contributed by atoms with Gasteiger partial charge in [0.15, 0.2) is 5.67 Å². The highest BCUT2D eigenvalue weighted by atomic mass is 19.1. The zero-order valence-electron chi connectivity index (χ0n) is 21.0. The maximum absolute atomic E-state index is 17.3. The van der Waals surface area contributed by atoms with Crippen LogP contribution in [-0.4, -0.2) is 33.3 Å². The molecule has 1 aliphatic carbocycles. The summed E-state index contributed by atoms with van der Waals surface area (Å²) in [5, 5.41) is 5.20. The molecule has 2 heterocycles. The van der Waals surface area contributed by atoms with Crippen LogP contribution in [0, 0.1) is 17.2 Å². The summed E-state index contributed by atoms with van der Waals surface area (Å²) in [5.41, 5.74) is 5.24. The van der Waals surface area contributed by atoms with Gasteiger partial charge in [-0.25, -0.2) is 13.5 Å². The fourth-order valence-electron chi connectivity index (χ4n) is 6.35. The number of nitrogens with zero attached hydrogens (tertiary/aromatic N) is 3. The summed E-state index contributed by atoms with van der Waals surface area (Å²) < 4.78 is 32.4. The topological polar surface area (TPSA) is 81.2 Å². The summed E-state index contributed by atoms with van der Waals surface area (Å²) in [5.74, 6) is -2.38. The third-order valence-corrected chi connectivity index (χ3v) is 8.28. The minimum absolute atomic E-state index is 0.121. The van der Waals surface area contributed by atoms with Gasteiger partial charge in [0.2, 0.25) is 5.91 Å². The number of halogens is 2. The van der Waals surface area contributed by atoms with E-state index in [0.717, 1.165) is 10.9 Å². The van der Waals surface area contributed by atoms with Crippen LogP contribution in [0.15, 0.2) is 79.0 Å². The highest BCUT2D eigenvalue weighted by Gasteiger charge is 2.71. The second-order valence-corrected chi connectivity index (χ2v) is 10.4. The quantitative estimate of drug-likeness (QED) is 0.372. The second-order valence-electron chi connectivity index (χ2n) is 10.4. The number of aromatic nitrogens is 2. The lowest BCUT2D eigenvalue weighted by atomic mass is 9.71. The lowest BCUT2D eigenvalue weighted by molar-refractivity contribution is -0.134. The molecule has 3 atom stereocenters. The molecule has 1 aliphatic heterocycles. The van der Waals surface area contributed by atoms with Crippen molar-refractivity contribution in [2.75, 3.05) is 4.90 Å². The maximum Gasteiger partial charge on any atom is 0.265 e. The number of nitrogens with two attached hydrogens (primary N) is 1. The van der Waals surface area contributed by atoms with E-state index in [-0.39, 0.29) is 12.2 Å². The fraction of sp³-hybridized carbons (Fsp3) is 0.300. The average Bonchev–Trinajstić information content (AvgIpc) is 3.55. The molecule has 1 saturated heterocycles. The van der Waals surface area contributed by atoms with E-state index in [1.807, 2.05) is 37.3 Å². The van der Waals surface area contributed by atoms with Crippen LogP contribution in [0.5, 0.6) is 0 Å². The van der Waals surface area contributed by atoms with Crippen LogP contribution >= 0.6 is 0 Å². The Labute approximate surface area is 219 Å². The van der Waals surface area contributed by atoms with E-state index in [9.17, 15) is 14.0 Å². The maximum atomic E-state index is 17.3. The van der Waals surface area contributed by atoms with Crippen LogP contribution in [-0.2, 0) is 16.0 Å². The Morgan fingerprint density at radius 2 is 1.74 bits per heavy atom. The smallest absolute Gasteiger partial charge is 0.265 e. The highest BCUT2D eigenvalue weighted by Crippen LogP contribution is 2.62. The predicted molar refractivity (Wildman–Crippen MR) is 141 cm³/mol. The Morgan fingerprint density at radius 1 is 1.05 bits per heavy atom. The Morgan fingerprint density at radius 3 is 2.37 bits per heavy atom. The molecular weight excluding hydrogens is 486 g/mol. The van der Waals surface area contributed by atoms with Gasteiger partial charge in [-0.3, -0.25) is 9.59 Å². The van der Waals surface area contributed by atoms with Gasteiger partial charge in [-0.15, -0.1) is 0 Å². The molecule has 4 aromatic rings. The van der Waals surface area contributed by atoms with Gasteiger partial charge in [0, 0.05) is 29.5 Å². The first-order valence-corrected chi connectivity index (χ1v) is 12.9. The fourth-order valence-corrected chi connectivity index (χ4v) is 6.35. The molecule has 0 spiro atoms. The molecule has 6 nitrogen and oxygen atoms in total. The summed E-state index contributed by atoms with van der Waals surface area (Å²) in [4.78, 5) is 28.2. The third kappa shape index (κ3) is 3.61. The van der Waals surface area contributed by atoms with Crippen LogP contribution in [0.25, 0.3) is 16.6 Å². The van der Waals surface area contributed by atoms with Crippen molar-refractivity contribution in [2.24, 2.45) is 17.1 Å². The molecule has 2 N–H and O–H groups in total. The third-order valence-electron chi connectivity index (χ3n) is 8.28. The van der Waals surface area contributed by atoms with Gasteiger partial charge in [0.05, 0.1) is 22.8 Å². The van der Waals surface area contributed by atoms with Crippen LogP contribution in [0.1, 0.15) is 31.7 Å². The number of fused-ring (bicyclic) bond motifs is 1. The number of carbonyl (C=O) groups excluding carboxylic acids is 2. The van der Waals surface area contributed by atoms with Gasteiger partial charge < -0.3 is 10.6 Å². The molecule has 8 heteroatoms. The van der Waals surface area contributed by atoms with E-state index in [2.05, 4.69) is 5.10 Å². The van der Waals surface area contributed by atoms with Crippen molar-refractivity contribution in [1.29, 1.82) is 0 Å². The standard InChI is InChI=1S/C30H28F2N4O2/c1-2-24-26(29(14-15-29)27(33)37)30(32,17-19-6-4-3-5-7-19)28(38)35(24)23-12-13-25-20(16-23)18-34-36(25)22-10-8-21(31)9-11-22/h3-13,16,18,24,26H,2,14-15,17H2,1H3,(H2,33,37)/t24-,26+,30+/m1/s1. The van der Waals surface area contributed by atoms with Gasteiger partial charge in [-0.1, -0.05) is 37.3 Å². The monoisotopic (exact) mass is 514 g/mol. The molecule has 3 aromatic carbocycles. The predicted octanol–water partition coefficient (Wildman–Crippen LogP) is 5.12. The zero-order valence-corrected chi connectivity index (χ0v) is 21.0. The van der Waals surface area contributed by atoms with E-state index in [1.54, 1.807) is 41.2 Å². The van der Waals surface area contributed by atoms with E-state index in [0.29, 0.717) is 36.2 Å². The van der Waals surface area contributed by atoms with Crippen molar-refractivity contribution in [3.05, 3.63) is 90.4 Å². The van der Waals surface area contributed by atoms with Crippen molar-refractivity contribution >= 4 is 28.4 Å². The molecule has 6 rings (SSSR count). The average molecular weight is 515 g/mol. The van der Waals surface area contributed by atoms with Crippen molar-refractivity contribution in [1.82, 2.24) is 9.78 Å². The van der Waals surface area contributed by atoms with Gasteiger partial charge in [0.1, 0.15) is 5.82 Å². The van der Waals surface area contributed by atoms with Crippen LogP contribution in [0.3, 0.4) is 0 Å². The highest BCUT2D eigenvalue weighted by molar-refractivity contribution is 6.05. The number of hydrogen-bond donors (Lipinski definition) is 1. The van der Waals surface area contributed by atoms with Gasteiger partial charge >= 0.3 is 0 Å². The van der Waals surface area contributed by atoms with Crippen LogP contribution in [0.2, 0.25) is 0 Å². The summed E-state index contributed by atoms with van der Waals surface area (Å²) in [6, 6.07) is 20.0. The number of primary amides is 1. The van der Waals surface area contributed by atoms with Crippen molar-refractivity contribution in [2.45, 2.75) is 44.3 Å². The minimum atomic E-state index is -2.28. The van der Waals surface area contributed by atoms with E-state index in [4.69, 9.17) is 5.73 Å². The Hall–Kier alpha value is -4.07. The SMILES string of the molecule is CC[C@@H]1[C@@H](C2(C(N)=O)CC2)[C@@](F)(Cc2ccccc2)C(=O)N1c1ccc2c(cnn2-c2ccc(F)cc2)c1. The Balaban J connectivity index is 1.44. The van der Waals surface area contributed by atoms with E-state index < -0.39 is 34.9 Å². The number of amides is 2. The Kier molecular flexibility index (Phi) is 5.59. The van der Waals surface area contributed by atoms with Crippen LogP contribution < -0.4 is 10.6 Å². The summed E-state index contributed by atoms with van der Waals surface area (Å²) in [6.45, 7) is 1.91. The molecule has 38 heavy (non-hydrogen) atoms. The van der Waals surface area contributed by atoms with E-state index in [1.165, 1.54) is 17.0 Å². The molecule has 2 amide bonds. The van der Waals surface area contributed by atoms with Crippen LogP contribution in [0.4, 0.5) is 14.5 Å². The number of alkyl halides is 1.